The summed E-state index contributed by atoms with van der Waals surface area (Å²) in [5, 5.41) is 0. The summed E-state index contributed by atoms with van der Waals surface area (Å²) < 4.78 is 0. The molecule has 6 heteroatoms. The normalized spacial score (nSPS) is 14.5. The lowest BCUT2D eigenvalue weighted by Gasteiger charge is -1.89. The van der Waals surface area contributed by atoms with Crippen molar-refractivity contribution in [3.8, 4) is 0 Å². The van der Waals surface area contributed by atoms with E-state index in [1.807, 2.05) is 0 Å². The van der Waals surface area contributed by atoms with Crippen molar-refractivity contribution in [3.63, 3.8) is 0 Å². The fraction of sp³-hybridized carbons (Fsp3) is 0.250. The highest BCUT2D eigenvalue weighted by molar-refractivity contribution is 5.96. The van der Waals surface area contributed by atoms with Crippen molar-refractivity contribution in [1.82, 2.24) is 0 Å². The molecular formula is C4H10N6. The molecule has 0 atom stereocenters. The largest absolute Gasteiger partial charge is 0.390 e. The lowest BCUT2D eigenvalue weighted by atomic mass is 10.9. The van der Waals surface area contributed by atoms with E-state index < -0.39 is 0 Å². The van der Waals surface area contributed by atoms with Gasteiger partial charge in [-0.25, -0.2) is 4.99 Å². The second-order valence-electron chi connectivity index (χ2n) is 1.33. The van der Waals surface area contributed by atoms with Crippen LogP contribution in [0.4, 0.5) is 0 Å². The van der Waals surface area contributed by atoms with Crippen LogP contribution in [0.15, 0.2) is 15.0 Å². The Morgan fingerprint density at radius 3 is 2.30 bits per heavy atom. The predicted molar refractivity (Wildman–Crippen MR) is 41.8 cm³/mol. The summed E-state index contributed by atoms with van der Waals surface area (Å²) in [7, 11) is 1.50. The molecule has 0 aromatic carbocycles. The molecule has 6 N–H and O–H groups in total. The Bertz CT molecular complexity index is 178. The molecule has 56 valence electrons. The van der Waals surface area contributed by atoms with Gasteiger partial charge in [-0.05, 0) is 0 Å². The summed E-state index contributed by atoms with van der Waals surface area (Å²) in [5.74, 6) is 0.0636. The van der Waals surface area contributed by atoms with Crippen LogP contribution in [0.5, 0.6) is 0 Å². The first-order valence-corrected chi connectivity index (χ1v) is 2.51. The van der Waals surface area contributed by atoms with Gasteiger partial charge in [-0.3, -0.25) is 4.99 Å². The Labute approximate surface area is 58.5 Å². The zero-order chi connectivity index (χ0) is 7.98. The minimum Gasteiger partial charge on any atom is -0.390 e. The Morgan fingerprint density at radius 1 is 1.30 bits per heavy atom. The number of hydrogen-bond donors (Lipinski definition) is 3. The van der Waals surface area contributed by atoms with E-state index in [-0.39, 0.29) is 11.9 Å². The van der Waals surface area contributed by atoms with Gasteiger partial charge < -0.3 is 17.2 Å². The Hall–Kier alpha value is -1.59. The summed E-state index contributed by atoms with van der Waals surface area (Å²) >= 11 is 0. The van der Waals surface area contributed by atoms with E-state index in [0.717, 1.165) is 6.34 Å². The summed E-state index contributed by atoms with van der Waals surface area (Å²) in [6.45, 7) is 0. The average molecular weight is 142 g/mol. The Balaban J connectivity index is 4.16. The molecular weight excluding hydrogens is 132 g/mol. The Kier molecular flexibility index (Phi) is 3.62. The number of nitrogens with zero attached hydrogens (tertiary/aromatic N) is 3. The molecule has 0 saturated carbocycles. The van der Waals surface area contributed by atoms with Gasteiger partial charge >= 0.3 is 0 Å². The second kappa shape index (κ2) is 4.30. The number of rotatable bonds is 0. The maximum atomic E-state index is 5.17. The molecule has 0 radical (unpaired) electrons. The summed E-state index contributed by atoms with van der Waals surface area (Å²) in [4.78, 5) is 10.5. The predicted octanol–water partition coefficient (Wildman–Crippen LogP) is -1.77. The van der Waals surface area contributed by atoms with Gasteiger partial charge in [0.05, 0.1) is 6.34 Å². The molecule has 0 rings (SSSR count). The van der Waals surface area contributed by atoms with Gasteiger partial charge in [-0.2, -0.15) is 4.99 Å². The highest BCUT2D eigenvalue weighted by Gasteiger charge is 1.86. The van der Waals surface area contributed by atoms with Crippen molar-refractivity contribution in [2.45, 2.75) is 0 Å². The minimum atomic E-state index is -0.00870. The van der Waals surface area contributed by atoms with E-state index in [2.05, 4.69) is 15.0 Å². The van der Waals surface area contributed by atoms with Gasteiger partial charge in [0.2, 0.25) is 11.9 Å². The fourth-order valence-electron chi connectivity index (χ4n) is 0.273. The van der Waals surface area contributed by atoms with Gasteiger partial charge in [0, 0.05) is 7.05 Å². The topological polar surface area (TPSA) is 115 Å². The number of guanidine groups is 2. The fourth-order valence-corrected chi connectivity index (χ4v) is 0.273. The SMILES string of the molecule is C\N=C(N)/N=C(N)\N=C\N. The molecule has 0 aliphatic carbocycles. The van der Waals surface area contributed by atoms with E-state index in [9.17, 15) is 0 Å². The minimum absolute atomic E-state index is 0.00870. The van der Waals surface area contributed by atoms with Crippen molar-refractivity contribution in [1.29, 1.82) is 0 Å². The Morgan fingerprint density at radius 2 is 1.90 bits per heavy atom. The third kappa shape index (κ3) is 3.42. The van der Waals surface area contributed by atoms with Crippen molar-refractivity contribution >= 4 is 18.3 Å². The second-order valence-corrected chi connectivity index (χ2v) is 1.33. The third-order valence-electron chi connectivity index (χ3n) is 0.665. The maximum Gasteiger partial charge on any atom is 0.224 e. The highest BCUT2D eigenvalue weighted by Crippen LogP contribution is 1.71. The first-order chi connectivity index (χ1) is 4.70. The summed E-state index contributed by atoms with van der Waals surface area (Å²) in [5.41, 5.74) is 15.3. The van der Waals surface area contributed by atoms with Gasteiger partial charge in [-0.15, -0.1) is 0 Å². The molecule has 0 heterocycles. The molecule has 0 fully saturated rings. The van der Waals surface area contributed by atoms with Crippen LogP contribution in [0, 0.1) is 0 Å². The number of nitrogens with two attached hydrogens (primary N) is 3. The lowest BCUT2D eigenvalue weighted by molar-refractivity contribution is 1.33. The molecule has 0 spiro atoms. The van der Waals surface area contributed by atoms with Crippen molar-refractivity contribution in [2.24, 2.45) is 32.2 Å². The van der Waals surface area contributed by atoms with E-state index in [1.165, 1.54) is 7.05 Å². The van der Waals surface area contributed by atoms with Crippen LogP contribution in [0.1, 0.15) is 0 Å². The quantitative estimate of drug-likeness (QED) is 0.274. The van der Waals surface area contributed by atoms with Crippen molar-refractivity contribution < 1.29 is 0 Å². The van der Waals surface area contributed by atoms with Crippen LogP contribution in [0.2, 0.25) is 0 Å². The van der Waals surface area contributed by atoms with Crippen LogP contribution in [-0.4, -0.2) is 25.3 Å². The van der Waals surface area contributed by atoms with Gasteiger partial charge in [0.15, 0.2) is 0 Å². The highest BCUT2D eigenvalue weighted by atomic mass is 15.1. The molecule has 0 amide bonds. The van der Waals surface area contributed by atoms with Crippen molar-refractivity contribution in [3.05, 3.63) is 0 Å². The monoisotopic (exact) mass is 142 g/mol. The molecule has 6 nitrogen and oxygen atoms in total. The van der Waals surface area contributed by atoms with Crippen LogP contribution in [0.25, 0.3) is 0 Å². The smallest absolute Gasteiger partial charge is 0.224 e. The molecule has 0 aliphatic heterocycles. The van der Waals surface area contributed by atoms with Gasteiger partial charge in [0.25, 0.3) is 0 Å². The van der Waals surface area contributed by atoms with Crippen LogP contribution in [-0.2, 0) is 0 Å². The van der Waals surface area contributed by atoms with Crippen molar-refractivity contribution in [2.75, 3.05) is 7.05 Å². The van der Waals surface area contributed by atoms with Gasteiger partial charge in [0.1, 0.15) is 0 Å². The van der Waals surface area contributed by atoms with Gasteiger partial charge in [-0.1, -0.05) is 0 Å². The first kappa shape index (κ1) is 8.41. The van der Waals surface area contributed by atoms with Crippen LogP contribution in [0.3, 0.4) is 0 Å². The van der Waals surface area contributed by atoms with E-state index >= 15 is 0 Å². The number of hydrogen-bond acceptors (Lipinski definition) is 1. The average Bonchev–Trinajstić information content (AvgIpc) is 1.88. The standard InChI is InChI=1S/C4H10N6/c1-8-3(6)10-4(7)9-2-5/h2H,1H3,(H6,5,6,7,8,9,10). The molecule has 0 bridgehead atoms. The van der Waals surface area contributed by atoms with Crippen LogP contribution < -0.4 is 17.2 Å². The summed E-state index contributed by atoms with van der Waals surface area (Å²) in [6.07, 6.45) is 1.03. The molecule has 0 aromatic rings. The molecule has 0 aromatic heterocycles. The first-order valence-electron chi connectivity index (χ1n) is 2.51. The zero-order valence-electron chi connectivity index (χ0n) is 5.65. The van der Waals surface area contributed by atoms with E-state index in [1.54, 1.807) is 0 Å². The number of aliphatic imine (C=N–C) groups is 3. The lowest BCUT2D eigenvalue weighted by Crippen LogP contribution is -2.17. The molecule has 0 saturated heterocycles. The maximum absolute atomic E-state index is 5.17. The molecule has 0 aliphatic rings. The third-order valence-corrected chi connectivity index (χ3v) is 0.665. The van der Waals surface area contributed by atoms with E-state index in [0.29, 0.717) is 0 Å². The van der Waals surface area contributed by atoms with Crippen LogP contribution >= 0.6 is 0 Å². The molecule has 10 heavy (non-hydrogen) atoms. The zero-order valence-corrected chi connectivity index (χ0v) is 5.65. The summed E-state index contributed by atoms with van der Waals surface area (Å²) in [6, 6.07) is 0. The molecule has 0 unspecified atom stereocenters. The van der Waals surface area contributed by atoms with E-state index in [4.69, 9.17) is 17.2 Å².